The van der Waals surface area contributed by atoms with Crippen LogP contribution in [-0.2, 0) is 56.0 Å². The number of rotatable bonds is 6. The summed E-state index contributed by atoms with van der Waals surface area (Å²) in [6.45, 7) is 0.835. The van der Waals surface area contributed by atoms with E-state index in [0.717, 1.165) is 17.1 Å². The quantitative estimate of drug-likeness (QED) is 0.0888. The first-order chi connectivity index (χ1) is 34.1. The van der Waals surface area contributed by atoms with Crippen molar-refractivity contribution >= 4 is 50.5 Å². The third kappa shape index (κ3) is 12.9. The zero-order valence-corrected chi connectivity index (χ0v) is 37.2. The van der Waals surface area contributed by atoms with E-state index < -0.39 is 195 Å². The lowest BCUT2D eigenvalue weighted by Gasteiger charge is -2.46. The maximum atomic E-state index is 14.2. The molecule has 27 heteroatoms. The third-order valence-corrected chi connectivity index (χ3v) is 11.8. The minimum Gasteiger partial charge on any atom is -0.194 e. The molecule has 0 unspecified atom stereocenters. The molecule has 400 valence electrons. The van der Waals surface area contributed by atoms with Gasteiger partial charge in [-0.25, -0.2) is 0 Å². The lowest BCUT2D eigenvalue weighted by Crippen LogP contribution is -2.75. The van der Waals surface area contributed by atoms with Gasteiger partial charge in [0.1, 0.15) is 11.2 Å². The second-order valence-electron chi connectivity index (χ2n) is 16.5. The van der Waals surface area contributed by atoms with Gasteiger partial charge < -0.3 is 0 Å². The Labute approximate surface area is 410 Å². The van der Waals surface area contributed by atoms with Gasteiger partial charge in [-0.15, -0.1) is 0 Å². The van der Waals surface area contributed by atoms with E-state index in [2.05, 4.69) is 53.2 Å². The monoisotopic (exact) mass is 1120 g/mol. The lowest BCUT2D eigenvalue weighted by atomic mass is 9.12. The summed E-state index contributed by atoms with van der Waals surface area (Å²) >= 11 is 6.31. The first-order valence-corrected chi connectivity index (χ1v) is 20.9. The van der Waals surface area contributed by atoms with Crippen molar-refractivity contribution in [2.45, 2.75) is 56.0 Å². The first-order valence-electron chi connectivity index (χ1n) is 20.6. The van der Waals surface area contributed by atoms with Gasteiger partial charge in [-0.1, -0.05) is 96.5 Å². The van der Waals surface area contributed by atoms with Gasteiger partial charge in [0.05, 0.1) is 44.5 Å². The summed E-state index contributed by atoms with van der Waals surface area (Å²) in [6.07, 6.45) is -52.7. The van der Waals surface area contributed by atoms with E-state index in [4.69, 9.17) is 11.6 Å². The standard InChI is InChI=1S/C32H12BF24.C16H13ClN/c34-25(35,36)13-1-14(26(37,38)39)6-21(5-13)33(22-7-15(27(40,41)42)2-16(8-22)28(43,44)45,23-9-17(29(46,47)48)3-18(10-23)30(49,50)51)24-11-19(31(52,53)54)4-20(12-24)32(55,56)57;17-15-10-4-8-14-9-5-11-18(16(14)15)12-13-6-2-1-3-7-13/h1-12H;1-11H,12H2/q-1;+1. The normalized spacial score (nSPS) is 13.5. The van der Waals surface area contributed by atoms with E-state index in [9.17, 15) is 105 Å². The number of halogens is 25. The van der Waals surface area contributed by atoms with E-state index in [0.29, 0.717) is 0 Å². The first kappa shape index (κ1) is 57.7. The molecule has 0 atom stereocenters. The molecule has 7 rings (SSSR count). The van der Waals surface area contributed by atoms with Crippen LogP contribution < -0.4 is 26.4 Å². The molecule has 7 aromatic rings. The molecular formula is C48H25BClF24N. The minimum absolute atomic E-state index is 0.691. The van der Waals surface area contributed by atoms with Gasteiger partial charge in [-0.05, 0) is 42.5 Å². The Morgan fingerprint density at radius 1 is 0.320 bits per heavy atom. The number of hydrogen-bond acceptors (Lipinski definition) is 0. The molecule has 0 aliphatic heterocycles. The Morgan fingerprint density at radius 2 is 0.587 bits per heavy atom. The van der Waals surface area contributed by atoms with Gasteiger partial charge in [-0.3, -0.25) is 0 Å². The van der Waals surface area contributed by atoms with Crippen molar-refractivity contribution in [3.05, 3.63) is 195 Å². The molecule has 0 aliphatic rings. The van der Waals surface area contributed by atoms with Crippen LogP contribution in [0.15, 0.2) is 140 Å². The van der Waals surface area contributed by atoms with Crippen molar-refractivity contribution in [3.63, 3.8) is 0 Å². The number of nitrogens with zero attached hydrogens (tertiary/aromatic N) is 1. The average Bonchev–Trinajstić information content (AvgIpc) is 3.27. The van der Waals surface area contributed by atoms with Gasteiger partial charge in [0, 0.05) is 17.0 Å². The molecule has 0 spiro atoms. The van der Waals surface area contributed by atoms with Gasteiger partial charge in [0.2, 0.25) is 5.52 Å². The van der Waals surface area contributed by atoms with Crippen LogP contribution in [0, 0.1) is 0 Å². The summed E-state index contributed by atoms with van der Waals surface area (Å²) < 4.78 is 343. The number of aromatic nitrogens is 1. The maximum Gasteiger partial charge on any atom is 0.416 e. The third-order valence-electron chi connectivity index (χ3n) is 11.5. The molecule has 0 amide bonds. The summed E-state index contributed by atoms with van der Waals surface area (Å²) in [7, 11) is 0. The molecule has 1 heterocycles. The van der Waals surface area contributed by atoms with Crippen LogP contribution in [0.1, 0.15) is 50.1 Å². The topological polar surface area (TPSA) is 3.88 Å². The Morgan fingerprint density at radius 3 is 0.853 bits per heavy atom. The Bertz CT molecular complexity index is 2750. The van der Waals surface area contributed by atoms with Gasteiger partial charge in [-0.2, -0.15) is 132 Å². The van der Waals surface area contributed by atoms with Gasteiger partial charge >= 0.3 is 49.4 Å². The zero-order chi connectivity index (χ0) is 56.3. The average molecular weight is 1120 g/mol. The largest absolute Gasteiger partial charge is 0.416 e. The summed E-state index contributed by atoms with van der Waals surface area (Å²) in [5.74, 6) is 0. The highest BCUT2D eigenvalue weighted by molar-refractivity contribution is 7.20. The molecular weight excluding hydrogens is 1090 g/mol. The van der Waals surface area contributed by atoms with E-state index >= 15 is 0 Å². The van der Waals surface area contributed by atoms with Crippen molar-refractivity contribution < 1.29 is 110 Å². The maximum absolute atomic E-state index is 14.2. The molecule has 0 saturated carbocycles. The van der Waals surface area contributed by atoms with E-state index in [1.54, 1.807) is 0 Å². The predicted molar refractivity (Wildman–Crippen MR) is 225 cm³/mol. The second-order valence-corrected chi connectivity index (χ2v) is 16.9. The molecule has 1 nitrogen and oxygen atoms in total. The summed E-state index contributed by atoms with van der Waals surface area (Å²) in [4.78, 5) is 0. The van der Waals surface area contributed by atoms with Crippen LogP contribution in [0.4, 0.5) is 105 Å². The Kier molecular flexibility index (Phi) is 15.3. The number of para-hydroxylation sites is 1. The number of fused-ring (bicyclic) bond motifs is 1. The van der Waals surface area contributed by atoms with Crippen molar-refractivity contribution in [2.24, 2.45) is 0 Å². The Balaban J connectivity index is 0.000000421. The smallest absolute Gasteiger partial charge is 0.194 e. The lowest BCUT2D eigenvalue weighted by molar-refractivity contribution is -0.662. The van der Waals surface area contributed by atoms with Crippen LogP contribution >= 0.6 is 11.6 Å². The molecule has 0 radical (unpaired) electrons. The van der Waals surface area contributed by atoms with Crippen molar-refractivity contribution in [1.29, 1.82) is 0 Å². The van der Waals surface area contributed by atoms with Crippen molar-refractivity contribution in [2.75, 3.05) is 0 Å². The summed E-state index contributed by atoms with van der Waals surface area (Å²) in [5.41, 5.74) is -27.8. The molecule has 1 aromatic heterocycles. The van der Waals surface area contributed by atoms with Crippen LogP contribution in [-0.4, -0.2) is 6.15 Å². The van der Waals surface area contributed by atoms with Crippen LogP contribution in [0.25, 0.3) is 10.9 Å². The fourth-order valence-electron chi connectivity index (χ4n) is 8.28. The highest BCUT2D eigenvalue weighted by Crippen LogP contribution is 2.41. The molecule has 0 bridgehead atoms. The van der Waals surface area contributed by atoms with Crippen LogP contribution in [0.5, 0.6) is 0 Å². The zero-order valence-electron chi connectivity index (χ0n) is 36.5. The fourth-order valence-corrected chi connectivity index (χ4v) is 8.57. The second kappa shape index (κ2) is 19.8. The molecule has 0 aliphatic carbocycles. The van der Waals surface area contributed by atoms with E-state index in [1.165, 1.54) is 10.9 Å². The highest BCUT2D eigenvalue weighted by Gasteiger charge is 2.47. The molecule has 0 N–H and O–H groups in total. The van der Waals surface area contributed by atoms with Gasteiger partial charge in [0.25, 0.3) is 0 Å². The summed E-state index contributed by atoms with van der Waals surface area (Å²) in [5, 5.41) is 1.96. The van der Waals surface area contributed by atoms with E-state index in [1.807, 2.05) is 18.2 Å². The Hall–Kier alpha value is -6.60. The SMILES string of the molecule is Clc1cccc2ccc[n+](Cc3ccccc3)c12.FC(F)(F)c1cc([B-](c2cc(C(F)(F)F)cc(C(F)(F)F)c2)(c2cc(C(F)(F)F)cc(C(F)(F)F)c2)c2cc(C(F)(F)F)cc(C(F)(F)F)c2)cc(C(F)(F)F)c1. The van der Waals surface area contributed by atoms with Crippen molar-refractivity contribution in [1.82, 2.24) is 0 Å². The van der Waals surface area contributed by atoms with E-state index in [-0.39, 0.29) is 0 Å². The molecule has 0 saturated heterocycles. The number of hydrogen-bond donors (Lipinski definition) is 0. The minimum atomic E-state index is -6.13. The molecule has 75 heavy (non-hydrogen) atoms. The van der Waals surface area contributed by atoms with Crippen LogP contribution in [0.3, 0.4) is 0 Å². The van der Waals surface area contributed by atoms with Gasteiger partial charge in [0.15, 0.2) is 12.7 Å². The van der Waals surface area contributed by atoms with Crippen molar-refractivity contribution in [3.8, 4) is 0 Å². The number of alkyl halides is 24. The highest BCUT2D eigenvalue weighted by atomic mass is 35.5. The number of pyridine rings is 1. The number of benzene rings is 6. The molecule has 6 aromatic carbocycles. The van der Waals surface area contributed by atoms with Crippen LogP contribution in [0.2, 0.25) is 5.02 Å². The molecule has 0 fully saturated rings. The fraction of sp³-hybridized carbons (Fsp3) is 0.188. The predicted octanol–water partition coefficient (Wildman–Crippen LogP) is 15.0. The summed E-state index contributed by atoms with van der Waals surface area (Å²) in [6, 6.07) is 11.7.